The lowest BCUT2D eigenvalue weighted by molar-refractivity contribution is -0.138. The van der Waals surface area contributed by atoms with Crippen molar-refractivity contribution in [3.05, 3.63) is 33.3 Å². The lowest BCUT2D eigenvalue weighted by atomic mass is 9.97. The fourth-order valence-electron chi connectivity index (χ4n) is 1.43. The quantitative estimate of drug-likeness (QED) is 0.882. The monoisotopic (exact) mass is 256 g/mol. The minimum absolute atomic E-state index is 0.469. The molecule has 0 aromatic heterocycles. The van der Waals surface area contributed by atoms with Crippen molar-refractivity contribution in [3.63, 3.8) is 0 Å². The van der Waals surface area contributed by atoms with Crippen molar-refractivity contribution >= 4 is 21.9 Å². The second-order valence-electron chi connectivity index (χ2n) is 3.54. The van der Waals surface area contributed by atoms with E-state index in [0.29, 0.717) is 0 Å². The van der Waals surface area contributed by atoms with Crippen molar-refractivity contribution < 1.29 is 9.90 Å². The van der Waals surface area contributed by atoms with Crippen LogP contribution in [0.15, 0.2) is 16.6 Å². The van der Waals surface area contributed by atoms with Gasteiger partial charge in [-0.3, -0.25) is 4.79 Å². The zero-order valence-electron chi connectivity index (χ0n) is 8.47. The van der Waals surface area contributed by atoms with Gasteiger partial charge in [0.25, 0.3) is 0 Å². The molecular weight excluding hydrogens is 244 g/mol. The molecule has 0 fully saturated rings. The molecule has 0 amide bonds. The van der Waals surface area contributed by atoms with Gasteiger partial charge in [-0.25, -0.2) is 0 Å². The molecule has 0 aliphatic rings. The number of carbonyl (C=O) groups is 1. The third kappa shape index (κ3) is 2.15. The normalized spacial score (nSPS) is 12.6. The molecule has 2 nitrogen and oxygen atoms in total. The molecule has 0 radical (unpaired) electrons. The van der Waals surface area contributed by atoms with Gasteiger partial charge < -0.3 is 5.11 Å². The van der Waals surface area contributed by atoms with Gasteiger partial charge in [-0.15, -0.1) is 0 Å². The zero-order valence-corrected chi connectivity index (χ0v) is 10.1. The Morgan fingerprint density at radius 1 is 1.43 bits per heavy atom. The molecule has 0 aliphatic heterocycles. The summed E-state index contributed by atoms with van der Waals surface area (Å²) in [5.41, 5.74) is 3.01. The van der Waals surface area contributed by atoms with Crippen LogP contribution in [0, 0.1) is 13.8 Å². The highest BCUT2D eigenvalue weighted by Crippen LogP contribution is 2.29. The third-order valence-corrected chi connectivity index (χ3v) is 3.35. The topological polar surface area (TPSA) is 37.3 Å². The maximum absolute atomic E-state index is 10.9. The molecule has 0 spiro atoms. The smallest absolute Gasteiger partial charge is 0.310 e. The molecule has 0 heterocycles. The fraction of sp³-hybridized carbons (Fsp3) is 0.364. The molecule has 3 heteroatoms. The van der Waals surface area contributed by atoms with Gasteiger partial charge in [0, 0.05) is 4.47 Å². The number of rotatable bonds is 2. The number of aliphatic carboxylic acids is 1. The predicted molar refractivity (Wildman–Crippen MR) is 59.7 cm³/mol. The van der Waals surface area contributed by atoms with Crippen LogP contribution in [0.2, 0.25) is 0 Å². The Bertz CT molecular complexity index is 372. The molecule has 0 saturated carbocycles. The minimum Gasteiger partial charge on any atom is -0.481 e. The van der Waals surface area contributed by atoms with E-state index in [1.165, 1.54) is 0 Å². The van der Waals surface area contributed by atoms with E-state index in [-0.39, 0.29) is 0 Å². The maximum Gasteiger partial charge on any atom is 0.310 e. The first-order chi connectivity index (χ1) is 6.43. The van der Waals surface area contributed by atoms with E-state index in [2.05, 4.69) is 15.9 Å². The van der Waals surface area contributed by atoms with Crippen molar-refractivity contribution in [2.24, 2.45) is 0 Å². The van der Waals surface area contributed by atoms with Crippen LogP contribution in [0.4, 0.5) is 0 Å². The lowest BCUT2D eigenvalue weighted by Gasteiger charge is -2.12. The van der Waals surface area contributed by atoms with Gasteiger partial charge in [0.05, 0.1) is 5.92 Å². The zero-order chi connectivity index (χ0) is 10.9. The molecule has 0 bridgehead atoms. The first-order valence-electron chi connectivity index (χ1n) is 4.43. The van der Waals surface area contributed by atoms with Gasteiger partial charge in [-0.1, -0.05) is 33.6 Å². The molecule has 76 valence electrons. The SMILES string of the molecule is Cc1cc(C)c(Br)c(C(C)C(=O)O)c1. The Labute approximate surface area is 92.1 Å². The van der Waals surface area contributed by atoms with Crippen LogP contribution >= 0.6 is 15.9 Å². The maximum atomic E-state index is 10.9. The molecule has 1 aromatic rings. The molecule has 1 rings (SSSR count). The van der Waals surface area contributed by atoms with Crippen molar-refractivity contribution in [2.45, 2.75) is 26.7 Å². The van der Waals surface area contributed by atoms with Crippen LogP contribution in [-0.4, -0.2) is 11.1 Å². The average molecular weight is 257 g/mol. The predicted octanol–water partition coefficient (Wildman–Crippen LogP) is 3.25. The number of benzene rings is 1. The van der Waals surface area contributed by atoms with Crippen molar-refractivity contribution in [1.29, 1.82) is 0 Å². The molecule has 1 aromatic carbocycles. The molecule has 0 aliphatic carbocycles. The van der Waals surface area contributed by atoms with Gasteiger partial charge in [0.15, 0.2) is 0 Å². The van der Waals surface area contributed by atoms with Crippen LogP contribution in [0.25, 0.3) is 0 Å². The highest BCUT2D eigenvalue weighted by molar-refractivity contribution is 9.10. The molecule has 1 unspecified atom stereocenters. The van der Waals surface area contributed by atoms with E-state index in [1.54, 1.807) is 6.92 Å². The Hall–Kier alpha value is -0.830. The summed E-state index contributed by atoms with van der Waals surface area (Å²) in [5, 5.41) is 8.92. The van der Waals surface area contributed by atoms with Crippen LogP contribution in [-0.2, 0) is 4.79 Å². The molecule has 14 heavy (non-hydrogen) atoms. The number of hydrogen-bond acceptors (Lipinski definition) is 1. The summed E-state index contributed by atoms with van der Waals surface area (Å²) in [6.45, 7) is 5.63. The second kappa shape index (κ2) is 4.13. The van der Waals surface area contributed by atoms with Gasteiger partial charge in [-0.2, -0.15) is 0 Å². The number of carboxylic acids is 1. The van der Waals surface area contributed by atoms with Crippen molar-refractivity contribution in [1.82, 2.24) is 0 Å². The highest BCUT2D eigenvalue weighted by atomic mass is 79.9. The minimum atomic E-state index is -0.796. The Morgan fingerprint density at radius 3 is 2.50 bits per heavy atom. The third-order valence-electron chi connectivity index (χ3n) is 2.26. The van der Waals surface area contributed by atoms with Gasteiger partial charge in [0.2, 0.25) is 0 Å². The van der Waals surface area contributed by atoms with Crippen LogP contribution in [0.3, 0.4) is 0 Å². The number of hydrogen-bond donors (Lipinski definition) is 1. The van der Waals surface area contributed by atoms with E-state index in [1.807, 2.05) is 26.0 Å². The molecule has 1 atom stereocenters. The summed E-state index contributed by atoms with van der Waals surface area (Å²) in [7, 11) is 0. The Morgan fingerprint density at radius 2 is 2.00 bits per heavy atom. The Balaban J connectivity index is 3.26. The van der Waals surface area contributed by atoms with Crippen LogP contribution in [0.1, 0.15) is 29.5 Å². The van der Waals surface area contributed by atoms with Gasteiger partial charge in [-0.05, 0) is 31.9 Å². The number of carboxylic acid groups (broad SMARTS) is 1. The molecule has 0 saturated heterocycles. The van der Waals surface area contributed by atoms with E-state index < -0.39 is 11.9 Å². The van der Waals surface area contributed by atoms with Crippen LogP contribution in [0.5, 0.6) is 0 Å². The second-order valence-corrected chi connectivity index (χ2v) is 4.34. The van der Waals surface area contributed by atoms with Crippen molar-refractivity contribution in [3.8, 4) is 0 Å². The van der Waals surface area contributed by atoms with Gasteiger partial charge >= 0.3 is 5.97 Å². The van der Waals surface area contributed by atoms with E-state index in [9.17, 15) is 4.79 Å². The number of aryl methyl sites for hydroxylation is 2. The van der Waals surface area contributed by atoms with E-state index in [4.69, 9.17) is 5.11 Å². The molecular formula is C11H13BrO2. The van der Waals surface area contributed by atoms with Gasteiger partial charge in [0.1, 0.15) is 0 Å². The first-order valence-corrected chi connectivity index (χ1v) is 5.22. The van der Waals surface area contributed by atoms with Crippen LogP contribution < -0.4 is 0 Å². The summed E-state index contributed by atoms with van der Waals surface area (Å²) in [4.78, 5) is 10.9. The lowest BCUT2D eigenvalue weighted by Crippen LogP contribution is -2.08. The van der Waals surface area contributed by atoms with E-state index >= 15 is 0 Å². The van der Waals surface area contributed by atoms with E-state index in [0.717, 1.165) is 21.2 Å². The summed E-state index contributed by atoms with van der Waals surface area (Å²) in [6, 6.07) is 3.94. The Kier molecular flexibility index (Phi) is 3.32. The average Bonchev–Trinajstić information content (AvgIpc) is 2.09. The largest absolute Gasteiger partial charge is 0.481 e. The molecule has 1 N–H and O–H groups in total. The summed E-state index contributed by atoms with van der Waals surface area (Å²) in [5.74, 6) is -1.27. The summed E-state index contributed by atoms with van der Waals surface area (Å²) >= 11 is 3.42. The fourth-order valence-corrected chi connectivity index (χ4v) is 2.00. The highest BCUT2D eigenvalue weighted by Gasteiger charge is 2.17. The summed E-state index contributed by atoms with van der Waals surface area (Å²) in [6.07, 6.45) is 0. The van der Waals surface area contributed by atoms with Crippen molar-refractivity contribution in [2.75, 3.05) is 0 Å². The first kappa shape index (κ1) is 11.2. The standard InChI is InChI=1S/C11H13BrO2/c1-6-4-7(2)10(12)9(5-6)8(3)11(13)14/h4-5,8H,1-3H3,(H,13,14). The number of halogens is 1. The summed E-state index contributed by atoms with van der Waals surface area (Å²) < 4.78 is 0.901.